The Balaban J connectivity index is 2.73. The molecule has 138 valence electrons. The number of carboxylic acid groups (broad SMARTS) is 1. The zero-order valence-electron chi connectivity index (χ0n) is 14.4. The van der Waals surface area contributed by atoms with E-state index < -0.39 is 28.4 Å². The van der Waals surface area contributed by atoms with Gasteiger partial charge in [0.05, 0.1) is 4.90 Å². The second kappa shape index (κ2) is 8.72. The first kappa shape index (κ1) is 20.8. The third kappa shape index (κ3) is 6.28. The molecule has 9 heteroatoms. The molecule has 0 aliphatic carbocycles. The Bertz CT molecular complexity index is 758. The van der Waals surface area contributed by atoms with Gasteiger partial charge in [-0.3, -0.25) is 14.4 Å². The van der Waals surface area contributed by atoms with Crippen molar-refractivity contribution in [2.24, 2.45) is 0 Å². The third-order valence-electron chi connectivity index (χ3n) is 3.43. The lowest BCUT2D eigenvalue weighted by Crippen LogP contribution is -2.42. The smallest absolute Gasteiger partial charge is 0.323 e. The van der Waals surface area contributed by atoms with Crippen LogP contribution in [0, 0.1) is 0 Å². The fourth-order valence-corrected chi connectivity index (χ4v) is 3.18. The molecule has 8 nitrogen and oxygen atoms in total. The van der Waals surface area contributed by atoms with E-state index in [4.69, 9.17) is 5.11 Å². The van der Waals surface area contributed by atoms with Gasteiger partial charge in [0.2, 0.25) is 15.9 Å². The van der Waals surface area contributed by atoms with Gasteiger partial charge in [-0.05, 0) is 32.9 Å². The van der Waals surface area contributed by atoms with Gasteiger partial charge < -0.3 is 10.0 Å². The molecule has 1 aromatic rings. The second-order valence-electron chi connectivity index (χ2n) is 5.74. The number of nitrogens with one attached hydrogen (secondary N) is 1. The maximum absolute atomic E-state index is 12.2. The maximum atomic E-state index is 12.2. The van der Waals surface area contributed by atoms with Crippen molar-refractivity contribution in [3.63, 3.8) is 0 Å². The first-order chi connectivity index (χ1) is 11.5. The van der Waals surface area contributed by atoms with Crippen LogP contribution in [-0.2, 0) is 19.6 Å². The summed E-state index contributed by atoms with van der Waals surface area (Å²) in [7, 11) is -3.87. The summed E-state index contributed by atoms with van der Waals surface area (Å²) in [6.45, 7) is 4.08. The number of sulfonamides is 1. The van der Waals surface area contributed by atoms with Crippen molar-refractivity contribution in [3.8, 4) is 0 Å². The van der Waals surface area contributed by atoms with Gasteiger partial charge in [0, 0.05) is 24.6 Å². The summed E-state index contributed by atoms with van der Waals surface area (Å²) in [5.41, 5.74) is 0.270. The molecule has 0 atom stereocenters. The summed E-state index contributed by atoms with van der Waals surface area (Å²) in [6.07, 6.45) is -0.170. The number of benzene rings is 1. The fraction of sp³-hybridized carbons (Fsp3) is 0.438. The maximum Gasteiger partial charge on any atom is 0.323 e. The van der Waals surface area contributed by atoms with E-state index in [-0.39, 0.29) is 35.2 Å². The van der Waals surface area contributed by atoms with Crippen LogP contribution in [0.25, 0.3) is 0 Å². The van der Waals surface area contributed by atoms with E-state index >= 15 is 0 Å². The molecule has 0 aliphatic heterocycles. The van der Waals surface area contributed by atoms with Crippen LogP contribution in [0.5, 0.6) is 0 Å². The topological polar surface area (TPSA) is 121 Å². The molecule has 2 N–H and O–H groups in total. The highest BCUT2D eigenvalue weighted by atomic mass is 32.2. The minimum Gasteiger partial charge on any atom is -0.480 e. The third-order valence-corrected chi connectivity index (χ3v) is 4.89. The summed E-state index contributed by atoms with van der Waals surface area (Å²) < 4.78 is 26.7. The molecule has 0 aromatic heterocycles. The number of hydrogen-bond acceptors (Lipinski definition) is 5. The van der Waals surface area contributed by atoms with E-state index in [1.54, 1.807) is 13.8 Å². The predicted octanol–water partition coefficient (Wildman–Crippen LogP) is 0.879. The average molecular weight is 370 g/mol. The highest BCUT2D eigenvalue weighted by Gasteiger charge is 2.21. The highest BCUT2D eigenvalue weighted by molar-refractivity contribution is 7.89. The molecule has 0 saturated heterocycles. The van der Waals surface area contributed by atoms with Gasteiger partial charge in [-0.1, -0.05) is 12.1 Å². The number of aliphatic carboxylic acids is 1. The summed E-state index contributed by atoms with van der Waals surface area (Å²) in [5, 5.41) is 8.82. The second-order valence-corrected chi connectivity index (χ2v) is 7.51. The molecule has 0 aliphatic rings. The fourth-order valence-electron chi connectivity index (χ4n) is 2.11. The van der Waals surface area contributed by atoms with Crippen LogP contribution in [0.1, 0.15) is 37.6 Å². The van der Waals surface area contributed by atoms with Crippen LogP contribution in [0.15, 0.2) is 29.2 Å². The lowest BCUT2D eigenvalue weighted by atomic mass is 10.2. The van der Waals surface area contributed by atoms with Crippen LogP contribution in [0.2, 0.25) is 0 Å². The first-order valence-corrected chi connectivity index (χ1v) is 9.15. The number of hydrogen-bond donors (Lipinski definition) is 2. The van der Waals surface area contributed by atoms with E-state index in [2.05, 4.69) is 4.72 Å². The molecule has 0 saturated carbocycles. The Morgan fingerprint density at radius 2 is 1.88 bits per heavy atom. The molecule has 25 heavy (non-hydrogen) atoms. The van der Waals surface area contributed by atoms with E-state index in [1.165, 1.54) is 31.2 Å². The molecule has 1 amide bonds. The molecular weight excluding hydrogens is 348 g/mol. The largest absolute Gasteiger partial charge is 0.480 e. The molecule has 0 bridgehead atoms. The quantitative estimate of drug-likeness (QED) is 0.623. The van der Waals surface area contributed by atoms with Gasteiger partial charge in [-0.15, -0.1) is 0 Å². The van der Waals surface area contributed by atoms with Crippen molar-refractivity contribution >= 4 is 27.7 Å². The normalized spacial score (nSPS) is 11.4. The predicted molar refractivity (Wildman–Crippen MR) is 90.7 cm³/mol. The van der Waals surface area contributed by atoms with E-state index in [0.29, 0.717) is 0 Å². The van der Waals surface area contributed by atoms with Crippen molar-refractivity contribution in [3.05, 3.63) is 29.8 Å². The van der Waals surface area contributed by atoms with Gasteiger partial charge in [-0.2, -0.15) is 0 Å². The lowest BCUT2D eigenvalue weighted by molar-refractivity contribution is -0.145. The highest BCUT2D eigenvalue weighted by Crippen LogP contribution is 2.12. The van der Waals surface area contributed by atoms with E-state index in [9.17, 15) is 22.8 Å². The van der Waals surface area contributed by atoms with Crippen LogP contribution in [0.3, 0.4) is 0 Å². The zero-order chi connectivity index (χ0) is 19.2. The monoisotopic (exact) mass is 370 g/mol. The molecular formula is C16H22N2O6S. The first-order valence-electron chi connectivity index (χ1n) is 7.66. The summed E-state index contributed by atoms with van der Waals surface area (Å²) in [6, 6.07) is 5.27. The molecule has 1 aromatic carbocycles. The number of carboxylic acids is 1. The number of carbonyl (C=O) groups is 3. The SMILES string of the molecule is CC(=O)c1cccc(S(=O)(=O)NCCC(=O)N(CC(=O)O)C(C)C)c1. The van der Waals surface area contributed by atoms with Gasteiger partial charge in [0.15, 0.2) is 5.78 Å². The molecule has 0 heterocycles. The van der Waals surface area contributed by atoms with Crippen LogP contribution < -0.4 is 4.72 Å². The Morgan fingerprint density at radius 1 is 1.24 bits per heavy atom. The Kier molecular flexibility index (Phi) is 7.25. The lowest BCUT2D eigenvalue weighted by Gasteiger charge is -2.24. The molecule has 0 fully saturated rings. The van der Waals surface area contributed by atoms with E-state index in [1.807, 2.05) is 0 Å². The van der Waals surface area contributed by atoms with Gasteiger partial charge in [0.25, 0.3) is 0 Å². The minimum atomic E-state index is -3.87. The van der Waals surface area contributed by atoms with Crippen LogP contribution in [-0.4, -0.2) is 55.2 Å². The zero-order valence-corrected chi connectivity index (χ0v) is 15.2. The molecule has 1 rings (SSSR count). The van der Waals surface area contributed by atoms with Crippen molar-refractivity contribution in [1.82, 2.24) is 9.62 Å². The molecule has 0 unspecified atom stereocenters. The van der Waals surface area contributed by atoms with Crippen molar-refractivity contribution in [2.45, 2.75) is 38.1 Å². The number of nitrogens with zero attached hydrogens (tertiary/aromatic N) is 1. The van der Waals surface area contributed by atoms with Gasteiger partial charge >= 0.3 is 5.97 Å². The Labute approximate surface area is 146 Å². The van der Waals surface area contributed by atoms with Crippen LogP contribution in [0.4, 0.5) is 0 Å². The van der Waals surface area contributed by atoms with Gasteiger partial charge in [0.1, 0.15) is 6.54 Å². The number of ketones is 1. The minimum absolute atomic E-state index is 0.0705. The number of Topliss-reactive ketones (excluding diaryl/α,β-unsaturated/α-hetero) is 1. The number of carbonyl (C=O) groups excluding carboxylic acids is 2. The summed E-state index contributed by atoms with van der Waals surface area (Å²) in [5.74, 6) is -1.85. The number of rotatable bonds is 9. The standard InChI is InChI=1S/C16H22N2O6S/c1-11(2)18(10-16(21)22)15(20)7-8-17-25(23,24)14-6-4-5-13(9-14)12(3)19/h4-6,9,11,17H,7-8,10H2,1-3H3,(H,21,22). The van der Waals surface area contributed by atoms with E-state index in [0.717, 1.165) is 4.90 Å². The Hall–Kier alpha value is -2.26. The van der Waals surface area contributed by atoms with Gasteiger partial charge in [-0.25, -0.2) is 13.1 Å². The summed E-state index contributed by atoms with van der Waals surface area (Å²) in [4.78, 5) is 35.3. The van der Waals surface area contributed by atoms with Crippen molar-refractivity contribution in [2.75, 3.05) is 13.1 Å². The molecule has 0 spiro atoms. The van der Waals surface area contributed by atoms with Crippen molar-refractivity contribution < 1.29 is 27.9 Å². The van der Waals surface area contributed by atoms with Crippen LogP contribution >= 0.6 is 0 Å². The molecule has 0 radical (unpaired) electrons. The average Bonchev–Trinajstić information content (AvgIpc) is 2.52. The number of amides is 1. The Morgan fingerprint density at radius 3 is 2.40 bits per heavy atom. The summed E-state index contributed by atoms with van der Waals surface area (Å²) >= 11 is 0. The van der Waals surface area contributed by atoms with Crippen molar-refractivity contribution in [1.29, 1.82) is 0 Å².